The van der Waals surface area contributed by atoms with Crippen molar-refractivity contribution in [2.75, 3.05) is 26.4 Å². The minimum Gasteiger partial charge on any atom is -0.372 e. The average Bonchev–Trinajstić information content (AvgIpc) is 2.34. The molecule has 0 aromatic heterocycles. The van der Waals surface area contributed by atoms with Gasteiger partial charge >= 0.3 is 8.80 Å². The quantitative estimate of drug-likeness (QED) is 0.402. The zero-order valence-corrected chi connectivity index (χ0v) is 16.4. The maximum absolute atomic E-state index is 5.76. The average molecular weight is 384 g/mol. The minimum atomic E-state index is -2.90. The molecule has 0 heterocycles. The van der Waals surface area contributed by atoms with Crippen molar-refractivity contribution in [2.24, 2.45) is 0 Å². The molecule has 9 heteroatoms. The molecule has 0 amide bonds. The van der Waals surface area contributed by atoms with Crippen molar-refractivity contribution in [1.82, 2.24) is 0 Å². The van der Waals surface area contributed by atoms with E-state index in [0.29, 0.717) is 19.8 Å². The van der Waals surface area contributed by atoms with Crippen LogP contribution < -0.4 is 0 Å². The molecule has 0 rings (SSSR count). The van der Waals surface area contributed by atoms with Gasteiger partial charge in [-0.3, -0.25) is 0 Å². The summed E-state index contributed by atoms with van der Waals surface area (Å²) >= 11 is 16.7. The molecule has 128 valence electrons. The van der Waals surface area contributed by atoms with Gasteiger partial charge in [0.25, 0.3) is 3.98 Å². The molecular weight excluding hydrogens is 359 g/mol. The van der Waals surface area contributed by atoms with Crippen molar-refractivity contribution >= 4 is 43.6 Å². The zero-order valence-electron chi connectivity index (χ0n) is 13.2. The van der Waals surface area contributed by atoms with E-state index in [1.165, 1.54) is 0 Å². The van der Waals surface area contributed by atoms with Crippen LogP contribution in [-0.2, 0) is 22.8 Å². The van der Waals surface area contributed by atoms with E-state index in [2.05, 4.69) is 0 Å². The highest BCUT2D eigenvalue weighted by atomic mass is 35.6. The van der Waals surface area contributed by atoms with E-state index in [4.69, 9.17) is 57.6 Å². The van der Waals surface area contributed by atoms with E-state index in [1.807, 2.05) is 27.7 Å². The molecule has 0 aliphatic heterocycles. The second-order valence-corrected chi connectivity index (χ2v) is 9.32. The molecule has 2 unspecified atom stereocenters. The monoisotopic (exact) mass is 382 g/mol. The highest BCUT2D eigenvalue weighted by Crippen LogP contribution is 2.29. The molecule has 0 spiro atoms. The van der Waals surface area contributed by atoms with Gasteiger partial charge in [0.1, 0.15) is 5.73 Å². The maximum Gasteiger partial charge on any atom is 0.531 e. The van der Waals surface area contributed by atoms with Crippen LogP contribution in [0.25, 0.3) is 0 Å². The molecule has 0 fully saturated rings. The third-order valence-corrected chi connectivity index (χ3v) is 5.95. The first-order valence-corrected chi connectivity index (χ1v) is 9.92. The summed E-state index contributed by atoms with van der Waals surface area (Å²) in [6.45, 7) is 11.0. The van der Waals surface area contributed by atoms with Crippen molar-refractivity contribution in [2.45, 2.75) is 50.4 Å². The fraction of sp³-hybridized carbons (Fsp3) is 1.00. The van der Waals surface area contributed by atoms with Gasteiger partial charge in [-0.25, -0.2) is 0 Å². The number of alkyl halides is 3. The van der Waals surface area contributed by atoms with Crippen molar-refractivity contribution < 1.29 is 22.8 Å². The van der Waals surface area contributed by atoms with Crippen LogP contribution in [-0.4, -0.2) is 51.0 Å². The fourth-order valence-electron chi connectivity index (χ4n) is 1.72. The Balaban J connectivity index is 4.62. The molecular formula is C12H25Cl3O5Si. The van der Waals surface area contributed by atoms with E-state index in [-0.39, 0.29) is 12.3 Å². The lowest BCUT2D eigenvalue weighted by atomic mass is 10.4. The van der Waals surface area contributed by atoms with Crippen LogP contribution in [0.1, 0.15) is 34.6 Å². The molecule has 0 saturated carbocycles. The molecule has 0 N–H and O–H groups in total. The first kappa shape index (κ1) is 21.9. The van der Waals surface area contributed by atoms with E-state index in [1.54, 1.807) is 6.92 Å². The summed E-state index contributed by atoms with van der Waals surface area (Å²) in [5.41, 5.74) is -0.348. The van der Waals surface area contributed by atoms with Gasteiger partial charge in [-0.05, 0) is 34.6 Å². The largest absolute Gasteiger partial charge is 0.531 e. The Labute approximate surface area is 143 Å². The van der Waals surface area contributed by atoms with E-state index in [9.17, 15) is 0 Å². The summed E-state index contributed by atoms with van der Waals surface area (Å²) < 4.78 is 26.4. The summed E-state index contributed by atoms with van der Waals surface area (Å²) in [6.07, 6.45) is -0.392. The highest BCUT2D eigenvalue weighted by molar-refractivity contribution is 6.66. The van der Waals surface area contributed by atoms with Crippen LogP contribution in [0.2, 0.25) is 0 Å². The normalized spacial score (nSPS) is 16.0. The number of ether oxygens (including phenoxy) is 2. The minimum absolute atomic E-state index is 0.233. The second kappa shape index (κ2) is 10.6. The Morgan fingerprint density at radius 1 is 0.905 bits per heavy atom. The van der Waals surface area contributed by atoms with Crippen LogP contribution >= 0.6 is 34.8 Å². The first-order valence-electron chi connectivity index (χ1n) is 6.98. The molecule has 0 aliphatic rings. The van der Waals surface area contributed by atoms with Gasteiger partial charge in [0.05, 0.1) is 12.7 Å². The van der Waals surface area contributed by atoms with Crippen LogP contribution in [0.5, 0.6) is 0 Å². The molecule has 0 radical (unpaired) electrons. The van der Waals surface area contributed by atoms with E-state index < -0.39 is 18.9 Å². The zero-order chi connectivity index (χ0) is 16.5. The smallest absolute Gasteiger partial charge is 0.372 e. The van der Waals surface area contributed by atoms with Crippen molar-refractivity contribution in [3.8, 4) is 0 Å². The van der Waals surface area contributed by atoms with E-state index >= 15 is 0 Å². The van der Waals surface area contributed by atoms with Crippen molar-refractivity contribution in [3.63, 3.8) is 0 Å². The Morgan fingerprint density at radius 2 is 1.33 bits per heavy atom. The second-order valence-electron chi connectivity index (χ2n) is 4.25. The Kier molecular flexibility index (Phi) is 11.1. The summed E-state index contributed by atoms with van der Waals surface area (Å²) in [5.74, 6) is 0. The molecule has 21 heavy (non-hydrogen) atoms. The first-order chi connectivity index (χ1) is 9.70. The lowest BCUT2D eigenvalue weighted by Crippen LogP contribution is -2.56. The molecule has 0 aromatic carbocycles. The van der Waals surface area contributed by atoms with Gasteiger partial charge in [0.15, 0.2) is 0 Å². The van der Waals surface area contributed by atoms with Gasteiger partial charge in [0, 0.05) is 19.8 Å². The third-order valence-electron chi connectivity index (χ3n) is 2.45. The van der Waals surface area contributed by atoms with Crippen LogP contribution in [0.3, 0.4) is 0 Å². The summed E-state index contributed by atoms with van der Waals surface area (Å²) in [7, 11) is -2.90. The van der Waals surface area contributed by atoms with Crippen LogP contribution in [0.4, 0.5) is 0 Å². The lowest BCUT2D eigenvalue weighted by Gasteiger charge is -2.33. The van der Waals surface area contributed by atoms with Gasteiger partial charge in [-0.2, -0.15) is 0 Å². The maximum atomic E-state index is 5.76. The molecule has 5 nitrogen and oxygen atoms in total. The van der Waals surface area contributed by atoms with Gasteiger partial charge in [-0.1, -0.05) is 34.8 Å². The Bertz CT molecular complexity index is 261. The third kappa shape index (κ3) is 8.93. The number of hydrogen-bond acceptors (Lipinski definition) is 5. The highest BCUT2D eigenvalue weighted by Gasteiger charge is 2.48. The summed E-state index contributed by atoms with van der Waals surface area (Å²) in [5, 5.41) is 0. The standard InChI is InChI=1S/C12H25Cl3O5Si/c1-6-17-21(18-7-2,19-8-3)11(5)16-9-10(4)20-12(13,14)15/h10-11H,6-9H2,1-5H3. The van der Waals surface area contributed by atoms with Gasteiger partial charge in [0.2, 0.25) is 0 Å². The molecule has 0 aliphatic carbocycles. The van der Waals surface area contributed by atoms with Crippen LogP contribution in [0.15, 0.2) is 0 Å². The number of hydrogen-bond donors (Lipinski definition) is 0. The van der Waals surface area contributed by atoms with Gasteiger partial charge < -0.3 is 22.8 Å². The van der Waals surface area contributed by atoms with Crippen molar-refractivity contribution in [1.29, 1.82) is 0 Å². The van der Waals surface area contributed by atoms with Crippen LogP contribution in [0, 0.1) is 0 Å². The number of halogens is 3. The van der Waals surface area contributed by atoms with Crippen molar-refractivity contribution in [3.05, 3.63) is 0 Å². The SMILES string of the molecule is CCO[Si](OCC)(OCC)C(C)OCC(C)OC(Cl)(Cl)Cl. The Morgan fingerprint density at radius 3 is 1.67 bits per heavy atom. The summed E-state index contributed by atoms with van der Waals surface area (Å²) in [6, 6.07) is 0. The van der Waals surface area contributed by atoms with Gasteiger partial charge in [-0.15, -0.1) is 0 Å². The molecule has 0 saturated heterocycles. The predicted molar refractivity (Wildman–Crippen MR) is 86.9 cm³/mol. The number of rotatable bonds is 11. The molecule has 2 atom stereocenters. The topological polar surface area (TPSA) is 46.2 Å². The molecule has 0 bridgehead atoms. The lowest BCUT2D eigenvalue weighted by molar-refractivity contribution is -0.0485. The summed E-state index contributed by atoms with van der Waals surface area (Å²) in [4.78, 5) is 0. The Hall–Kier alpha value is 0.887. The fourth-order valence-corrected chi connectivity index (χ4v) is 4.64. The predicted octanol–water partition coefficient (Wildman–Crippen LogP) is 3.71. The molecule has 0 aromatic rings. The van der Waals surface area contributed by atoms with E-state index in [0.717, 1.165) is 0 Å².